The van der Waals surface area contributed by atoms with Gasteiger partial charge in [0, 0.05) is 17.1 Å². The number of aromatic amines is 1. The fourth-order valence-corrected chi connectivity index (χ4v) is 5.51. The quantitative estimate of drug-likeness (QED) is 0.708. The second-order valence-corrected chi connectivity index (χ2v) is 8.28. The van der Waals surface area contributed by atoms with Crippen LogP contribution in [0, 0.1) is 11.3 Å². The Labute approximate surface area is 139 Å². The molecule has 1 aromatic carbocycles. The summed E-state index contributed by atoms with van der Waals surface area (Å²) < 4.78 is 0. The Morgan fingerprint density at radius 3 is 2.78 bits per heavy atom. The number of nitrogens with zero attached hydrogens (tertiary/aromatic N) is 1. The van der Waals surface area contributed by atoms with E-state index in [1.807, 2.05) is 7.05 Å². The van der Waals surface area contributed by atoms with E-state index in [4.69, 9.17) is 5.32 Å². The first-order valence-corrected chi connectivity index (χ1v) is 8.77. The Morgan fingerprint density at radius 1 is 1.30 bits per heavy atom. The zero-order valence-electron chi connectivity index (χ0n) is 14.7. The summed E-state index contributed by atoms with van der Waals surface area (Å²) in [4.78, 5) is 3.51. The van der Waals surface area contributed by atoms with Crippen LogP contribution in [0.5, 0.6) is 0 Å². The van der Waals surface area contributed by atoms with Crippen LogP contribution in [-0.4, -0.2) is 18.1 Å². The third kappa shape index (κ3) is 1.79. The summed E-state index contributed by atoms with van der Waals surface area (Å²) >= 11 is 0. The number of nitrogens with one attached hydrogen (secondary N) is 1. The zero-order valence-corrected chi connectivity index (χ0v) is 14.7. The van der Waals surface area contributed by atoms with Crippen molar-refractivity contribution in [2.75, 3.05) is 7.05 Å². The van der Waals surface area contributed by atoms with Crippen molar-refractivity contribution in [1.82, 2.24) is 4.98 Å². The van der Waals surface area contributed by atoms with Gasteiger partial charge in [-0.2, -0.15) is 7.05 Å². The molecule has 0 spiro atoms. The minimum absolute atomic E-state index is 0.0991. The fourth-order valence-electron chi connectivity index (χ4n) is 5.51. The monoisotopic (exact) mass is 307 g/mol. The maximum absolute atomic E-state index is 4.88. The predicted octanol–water partition coefficient (Wildman–Crippen LogP) is 5.52. The highest BCUT2D eigenvalue weighted by atomic mass is 14.9. The molecule has 0 saturated heterocycles. The van der Waals surface area contributed by atoms with Gasteiger partial charge in [-0.25, -0.2) is 0 Å². The molecular formula is C21H27N2-. The first kappa shape index (κ1) is 15.0. The number of likely N-dealkylation sites (N-methyl/N-ethyl adjacent to an activating group) is 1. The largest absolute Gasteiger partial charge is 0.661 e. The van der Waals surface area contributed by atoms with Crippen molar-refractivity contribution in [1.29, 1.82) is 0 Å². The van der Waals surface area contributed by atoms with Crippen molar-refractivity contribution in [3.05, 3.63) is 53.5 Å². The second kappa shape index (κ2) is 4.73. The molecule has 1 N–H and O–H groups in total. The van der Waals surface area contributed by atoms with E-state index in [0.717, 1.165) is 0 Å². The van der Waals surface area contributed by atoms with Gasteiger partial charge in [0.05, 0.1) is 0 Å². The van der Waals surface area contributed by atoms with Crippen LogP contribution in [0.4, 0.5) is 0 Å². The molecule has 1 saturated carbocycles. The third-order valence-electron chi connectivity index (χ3n) is 6.90. The molecule has 0 bridgehead atoms. The van der Waals surface area contributed by atoms with Crippen LogP contribution in [0.3, 0.4) is 0 Å². The summed E-state index contributed by atoms with van der Waals surface area (Å²) in [6, 6.07) is 7.03. The molecule has 0 radical (unpaired) electrons. The van der Waals surface area contributed by atoms with Gasteiger partial charge >= 0.3 is 0 Å². The number of benzene rings is 1. The minimum Gasteiger partial charge on any atom is -0.661 e. The van der Waals surface area contributed by atoms with E-state index < -0.39 is 0 Å². The van der Waals surface area contributed by atoms with Crippen LogP contribution in [0.15, 0.2) is 37.1 Å². The highest BCUT2D eigenvalue weighted by Crippen LogP contribution is 2.60. The highest BCUT2D eigenvalue weighted by Gasteiger charge is 2.50. The fraction of sp³-hybridized carbons (Fsp3) is 0.524. The average molecular weight is 307 g/mol. The molecule has 1 heterocycles. The Balaban J connectivity index is 2.00. The SMILES string of the molecule is C=C[C@]1(C)CC[C@H]2[C@H](c3c[nH]c4cccc(c34)C2(C)C)[C@H]1[N-]C. The van der Waals surface area contributed by atoms with Crippen molar-refractivity contribution >= 4 is 10.9 Å². The summed E-state index contributed by atoms with van der Waals surface area (Å²) in [5.41, 5.74) is 4.53. The van der Waals surface area contributed by atoms with Crippen LogP contribution in [-0.2, 0) is 5.41 Å². The average Bonchev–Trinajstić information content (AvgIpc) is 2.97. The lowest BCUT2D eigenvalue weighted by Crippen LogP contribution is -2.49. The van der Waals surface area contributed by atoms with Gasteiger partial charge in [-0.05, 0) is 52.7 Å². The molecule has 1 aromatic heterocycles. The van der Waals surface area contributed by atoms with Gasteiger partial charge in [0.1, 0.15) is 0 Å². The summed E-state index contributed by atoms with van der Waals surface area (Å²) in [5, 5.41) is 6.32. The van der Waals surface area contributed by atoms with Crippen molar-refractivity contribution in [2.45, 2.75) is 51.0 Å². The molecular weight excluding hydrogens is 280 g/mol. The van der Waals surface area contributed by atoms with Crippen LogP contribution in [0.25, 0.3) is 16.2 Å². The maximum atomic E-state index is 4.88. The molecule has 2 nitrogen and oxygen atoms in total. The van der Waals surface area contributed by atoms with Gasteiger partial charge in [-0.15, -0.1) is 12.6 Å². The van der Waals surface area contributed by atoms with E-state index in [1.54, 1.807) is 0 Å². The van der Waals surface area contributed by atoms with E-state index in [-0.39, 0.29) is 10.8 Å². The van der Waals surface area contributed by atoms with E-state index in [1.165, 1.54) is 34.9 Å². The first-order chi connectivity index (χ1) is 10.9. The molecule has 2 aliphatic rings. The molecule has 122 valence electrons. The van der Waals surface area contributed by atoms with Gasteiger partial charge in [0.15, 0.2) is 0 Å². The summed E-state index contributed by atoms with van der Waals surface area (Å²) in [6.45, 7) is 11.3. The Morgan fingerprint density at radius 2 is 2.09 bits per heavy atom. The van der Waals surface area contributed by atoms with E-state index in [2.05, 4.69) is 62.8 Å². The summed E-state index contributed by atoms with van der Waals surface area (Å²) in [6.07, 6.45) is 6.82. The Hall–Kier alpha value is -1.54. The lowest BCUT2D eigenvalue weighted by Gasteiger charge is -2.60. The topological polar surface area (TPSA) is 29.9 Å². The summed E-state index contributed by atoms with van der Waals surface area (Å²) in [7, 11) is 1.99. The maximum Gasteiger partial charge on any atom is 0.0459 e. The van der Waals surface area contributed by atoms with Crippen LogP contribution in [0.1, 0.15) is 50.7 Å². The minimum atomic E-state index is 0.0991. The van der Waals surface area contributed by atoms with Gasteiger partial charge in [0.25, 0.3) is 0 Å². The first-order valence-electron chi connectivity index (χ1n) is 8.77. The standard InChI is InChI=1S/C21H27N2/c1-6-21(4)11-10-15-18(19(21)22-5)13-12-23-16-9-7-8-14(17(13)16)20(15,2)3/h6-9,12,15,18-19,23H,1,10-11H2,2-5H3/q-1/t15-,18-,19+,21+/m0/s1. The number of fused-ring (bicyclic) bond motifs is 2. The van der Waals surface area contributed by atoms with Gasteiger partial charge < -0.3 is 10.3 Å². The Bertz CT molecular complexity index is 769. The molecule has 0 aliphatic heterocycles. The molecule has 0 amide bonds. The number of hydrogen-bond donors (Lipinski definition) is 1. The van der Waals surface area contributed by atoms with Gasteiger partial charge in [-0.3, -0.25) is 0 Å². The summed E-state index contributed by atoms with van der Waals surface area (Å²) in [5.74, 6) is 1.12. The van der Waals surface area contributed by atoms with Gasteiger partial charge in [-0.1, -0.05) is 39.0 Å². The van der Waals surface area contributed by atoms with Crippen molar-refractivity contribution in [2.24, 2.45) is 11.3 Å². The van der Waals surface area contributed by atoms with E-state index in [0.29, 0.717) is 17.9 Å². The zero-order chi connectivity index (χ0) is 16.4. The number of aromatic nitrogens is 1. The lowest BCUT2D eigenvalue weighted by atomic mass is 9.51. The lowest BCUT2D eigenvalue weighted by molar-refractivity contribution is 0.116. The number of H-pyrrole nitrogens is 1. The van der Waals surface area contributed by atoms with Gasteiger partial charge in [0.2, 0.25) is 0 Å². The van der Waals surface area contributed by atoms with Crippen molar-refractivity contribution in [3.63, 3.8) is 0 Å². The molecule has 2 aromatic rings. The molecule has 23 heavy (non-hydrogen) atoms. The third-order valence-corrected chi connectivity index (χ3v) is 6.90. The second-order valence-electron chi connectivity index (χ2n) is 8.28. The number of rotatable bonds is 2. The van der Waals surface area contributed by atoms with Crippen LogP contribution < -0.4 is 0 Å². The Kier molecular flexibility index (Phi) is 3.09. The van der Waals surface area contributed by atoms with E-state index >= 15 is 0 Å². The van der Waals surface area contributed by atoms with E-state index in [9.17, 15) is 0 Å². The normalized spacial score (nSPS) is 35.0. The molecule has 0 unspecified atom stereocenters. The van der Waals surface area contributed by atoms with Crippen LogP contribution in [0.2, 0.25) is 0 Å². The molecule has 2 aliphatic carbocycles. The number of hydrogen-bond acceptors (Lipinski definition) is 0. The highest BCUT2D eigenvalue weighted by molar-refractivity contribution is 5.89. The van der Waals surface area contributed by atoms with Crippen molar-refractivity contribution in [3.8, 4) is 0 Å². The molecule has 4 rings (SSSR count). The molecule has 2 heteroatoms. The molecule has 4 atom stereocenters. The van der Waals surface area contributed by atoms with Crippen molar-refractivity contribution < 1.29 is 0 Å². The van der Waals surface area contributed by atoms with Crippen LogP contribution >= 0.6 is 0 Å². The molecule has 1 fully saturated rings. The predicted molar refractivity (Wildman–Crippen MR) is 98.2 cm³/mol. The smallest absolute Gasteiger partial charge is 0.0459 e.